The predicted molar refractivity (Wildman–Crippen MR) is 143 cm³/mol. The maximum absolute atomic E-state index is 13.3. The van der Waals surface area contributed by atoms with Crippen molar-refractivity contribution in [1.82, 2.24) is 14.5 Å². The summed E-state index contributed by atoms with van der Waals surface area (Å²) in [5.74, 6) is 1.37. The Hall–Kier alpha value is -2.97. The van der Waals surface area contributed by atoms with Crippen molar-refractivity contribution in [2.24, 2.45) is 0 Å². The van der Waals surface area contributed by atoms with Gasteiger partial charge < -0.3 is 15.1 Å². The summed E-state index contributed by atoms with van der Waals surface area (Å²) in [5.41, 5.74) is 5.24. The standard InChI is InChI=1S/C26H26ClN5O2S/c1-3-21(33)30-9-10-31(15(2)14-30)25-18-13-19(27)22(17-5-4-6-20-16(17)7-8-28-20)24-23(18)32(11-12-35-24)26(34)29-25/h3-6,13,15,28H,1,7-12,14H2,2H3/t15-/m0/s1. The fourth-order valence-electron chi connectivity index (χ4n) is 5.60. The lowest BCUT2D eigenvalue weighted by molar-refractivity contribution is -0.126. The Morgan fingerprint density at radius 1 is 1.31 bits per heavy atom. The van der Waals surface area contributed by atoms with Crippen LogP contribution in [0, 0.1) is 0 Å². The Labute approximate surface area is 212 Å². The van der Waals surface area contributed by atoms with Gasteiger partial charge in [0.15, 0.2) is 0 Å². The normalized spacial score (nSPS) is 19.0. The van der Waals surface area contributed by atoms with Crippen LogP contribution in [0.3, 0.4) is 0 Å². The average Bonchev–Trinajstić information content (AvgIpc) is 3.35. The topological polar surface area (TPSA) is 70.5 Å². The summed E-state index contributed by atoms with van der Waals surface area (Å²) >= 11 is 8.80. The molecule has 0 saturated carbocycles. The van der Waals surface area contributed by atoms with Gasteiger partial charge >= 0.3 is 5.69 Å². The summed E-state index contributed by atoms with van der Waals surface area (Å²) in [4.78, 5) is 34.9. The summed E-state index contributed by atoms with van der Waals surface area (Å²) in [7, 11) is 0. The average molecular weight is 508 g/mol. The third-order valence-electron chi connectivity index (χ3n) is 7.23. The van der Waals surface area contributed by atoms with Crippen LogP contribution < -0.4 is 15.9 Å². The number of piperazine rings is 1. The van der Waals surface area contributed by atoms with Crippen molar-refractivity contribution in [3.05, 3.63) is 58.0 Å². The van der Waals surface area contributed by atoms with Crippen LogP contribution in [0.15, 0.2) is 46.6 Å². The first-order valence-corrected chi connectivity index (χ1v) is 13.3. The number of amides is 1. The molecule has 180 valence electrons. The van der Waals surface area contributed by atoms with Crippen LogP contribution in [0.25, 0.3) is 22.0 Å². The molecule has 1 amide bonds. The van der Waals surface area contributed by atoms with Crippen LogP contribution >= 0.6 is 23.4 Å². The highest BCUT2D eigenvalue weighted by Gasteiger charge is 2.31. The van der Waals surface area contributed by atoms with Crippen molar-refractivity contribution < 1.29 is 4.79 Å². The number of hydrogen-bond acceptors (Lipinski definition) is 6. The molecule has 3 aliphatic heterocycles. The van der Waals surface area contributed by atoms with Crippen LogP contribution in [0.4, 0.5) is 11.5 Å². The second-order valence-corrected chi connectivity index (χ2v) is 10.7. The Balaban J connectivity index is 1.55. The predicted octanol–water partition coefficient (Wildman–Crippen LogP) is 4.01. The molecule has 1 fully saturated rings. The fraction of sp³-hybridized carbons (Fsp3) is 0.346. The van der Waals surface area contributed by atoms with Gasteiger partial charge in [0.1, 0.15) is 5.82 Å². The number of rotatable bonds is 3. The first-order valence-electron chi connectivity index (χ1n) is 11.9. The molecule has 35 heavy (non-hydrogen) atoms. The molecule has 4 heterocycles. The second-order valence-electron chi connectivity index (χ2n) is 9.22. The molecule has 0 bridgehead atoms. The van der Waals surface area contributed by atoms with Gasteiger partial charge in [0.05, 0.1) is 10.5 Å². The molecule has 1 aromatic heterocycles. The fourth-order valence-corrected chi connectivity index (χ4v) is 7.16. The second kappa shape index (κ2) is 8.60. The van der Waals surface area contributed by atoms with Gasteiger partial charge in [-0.1, -0.05) is 30.3 Å². The third kappa shape index (κ3) is 3.53. The molecule has 6 rings (SSSR count). The highest BCUT2D eigenvalue weighted by atomic mass is 35.5. The number of carbonyl (C=O) groups is 1. The lowest BCUT2D eigenvalue weighted by Crippen LogP contribution is -2.54. The Kier molecular flexibility index (Phi) is 5.53. The zero-order valence-corrected chi connectivity index (χ0v) is 21.1. The van der Waals surface area contributed by atoms with Crippen LogP contribution in [0.2, 0.25) is 5.02 Å². The van der Waals surface area contributed by atoms with Crippen molar-refractivity contribution in [2.45, 2.75) is 30.8 Å². The van der Waals surface area contributed by atoms with E-state index >= 15 is 0 Å². The molecule has 0 spiro atoms. The van der Waals surface area contributed by atoms with Gasteiger partial charge in [0.2, 0.25) is 5.91 Å². The molecule has 1 N–H and O–H groups in total. The van der Waals surface area contributed by atoms with E-state index in [1.54, 1.807) is 21.2 Å². The maximum Gasteiger partial charge on any atom is 0.350 e. The lowest BCUT2D eigenvalue weighted by Gasteiger charge is -2.40. The van der Waals surface area contributed by atoms with Crippen molar-refractivity contribution in [2.75, 3.05) is 42.1 Å². The van der Waals surface area contributed by atoms with E-state index in [4.69, 9.17) is 11.6 Å². The SMILES string of the molecule is C=CC(=O)N1CCN(c2nc(=O)n3c4c(c(-c5cccc6c5CCN6)c(Cl)cc24)SCC3)[C@@H](C)C1. The zero-order valence-electron chi connectivity index (χ0n) is 19.5. The minimum absolute atomic E-state index is 0.000405. The van der Waals surface area contributed by atoms with E-state index in [0.29, 0.717) is 37.0 Å². The number of thioether (sulfide) groups is 1. The molecule has 2 aromatic carbocycles. The number of benzene rings is 2. The third-order valence-corrected chi connectivity index (χ3v) is 8.60. The molecule has 1 saturated heterocycles. The monoisotopic (exact) mass is 507 g/mol. The van der Waals surface area contributed by atoms with Crippen LogP contribution in [0.1, 0.15) is 12.5 Å². The molecule has 7 nitrogen and oxygen atoms in total. The summed E-state index contributed by atoms with van der Waals surface area (Å²) in [6, 6.07) is 8.28. The van der Waals surface area contributed by atoms with Crippen molar-refractivity contribution in [3.8, 4) is 11.1 Å². The van der Waals surface area contributed by atoms with Crippen LogP contribution in [0.5, 0.6) is 0 Å². The van der Waals surface area contributed by atoms with Crippen molar-refractivity contribution in [1.29, 1.82) is 0 Å². The van der Waals surface area contributed by atoms with Crippen molar-refractivity contribution in [3.63, 3.8) is 0 Å². The Morgan fingerprint density at radius 3 is 2.97 bits per heavy atom. The summed E-state index contributed by atoms with van der Waals surface area (Å²) < 4.78 is 1.80. The van der Waals surface area contributed by atoms with E-state index in [1.165, 1.54) is 11.6 Å². The van der Waals surface area contributed by atoms with E-state index in [9.17, 15) is 9.59 Å². The first-order chi connectivity index (χ1) is 17.0. The van der Waals surface area contributed by atoms with Gasteiger partial charge in [0, 0.05) is 66.1 Å². The van der Waals surface area contributed by atoms with Gasteiger partial charge in [-0.15, -0.1) is 11.8 Å². The summed E-state index contributed by atoms with van der Waals surface area (Å²) in [5, 5.41) is 5.02. The highest BCUT2D eigenvalue weighted by Crippen LogP contribution is 2.47. The van der Waals surface area contributed by atoms with Crippen LogP contribution in [-0.4, -0.2) is 58.3 Å². The lowest BCUT2D eigenvalue weighted by atomic mass is 9.96. The van der Waals surface area contributed by atoms with E-state index in [1.807, 2.05) is 6.07 Å². The summed E-state index contributed by atoms with van der Waals surface area (Å²) in [6.07, 6.45) is 2.30. The Morgan fingerprint density at radius 2 is 2.17 bits per heavy atom. The molecule has 3 aromatic rings. The number of hydrogen-bond donors (Lipinski definition) is 1. The molecule has 0 unspecified atom stereocenters. The van der Waals surface area contributed by atoms with E-state index < -0.39 is 0 Å². The van der Waals surface area contributed by atoms with E-state index in [-0.39, 0.29) is 17.6 Å². The number of nitrogens with zero attached hydrogens (tertiary/aromatic N) is 4. The molecular weight excluding hydrogens is 482 g/mol. The number of fused-ring (bicyclic) bond motifs is 1. The Bertz CT molecular complexity index is 1450. The van der Waals surface area contributed by atoms with Gasteiger partial charge in [-0.25, -0.2) is 4.79 Å². The molecule has 0 radical (unpaired) electrons. The maximum atomic E-state index is 13.3. The smallest absolute Gasteiger partial charge is 0.350 e. The molecule has 3 aliphatic rings. The minimum atomic E-state index is -0.237. The van der Waals surface area contributed by atoms with Crippen molar-refractivity contribution >= 4 is 51.7 Å². The summed E-state index contributed by atoms with van der Waals surface area (Å²) in [6.45, 7) is 8.89. The number of nitrogens with one attached hydrogen (secondary N) is 1. The molecule has 9 heteroatoms. The number of carbonyl (C=O) groups excluding carboxylic acids is 1. The van der Waals surface area contributed by atoms with Crippen LogP contribution in [-0.2, 0) is 17.8 Å². The molecule has 1 atom stereocenters. The van der Waals surface area contributed by atoms with Gasteiger partial charge in [-0.3, -0.25) is 9.36 Å². The highest BCUT2D eigenvalue weighted by molar-refractivity contribution is 7.99. The van der Waals surface area contributed by atoms with E-state index in [0.717, 1.165) is 51.3 Å². The number of aromatic nitrogens is 2. The molecule has 0 aliphatic carbocycles. The first kappa shape index (κ1) is 22.5. The van der Waals surface area contributed by atoms with Gasteiger partial charge in [0.25, 0.3) is 0 Å². The minimum Gasteiger partial charge on any atom is -0.384 e. The van der Waals surface area contributed by atoms with Gasteiger partial charge in [-0.05, 0) is 42.7 Å². The zero-order chi connectivity index (χ0) is 24.3. The molecular formula is C26H26ClN5O2S. The van der Waals surface area contributed by atoms with E-state index in [2.05, 4.69) is 46.9 Å². The van der Waals surface area contributed by atoms with Gasteiger partial charge in [-0.2, -0.15) is 4.98 Å². The number of aryl methyl sites for hydroxylation is 1. The largest absolute Gasteiger partial charge is 0.384 e. The number of anilines is 2. The quantitative estimate of drug-likeness (QED) is 0.540. The number of halogens is 1.